The lowest BCUT2D eigenvalue weighted by Crippen LogP contribution is -2.51. The van der Waals surface area contributed by atoms with Gasteiger partial charge in [-0.25, -0.2) is 4.79 Å². The summed E-state index contributed by atoms with van der Waals surface area (Å²) in [5.41, 5.74) is 2.44. The van der Waals surface area contributed by atoms with Crippen LogP contribution in [0.5, 0.6) is 0 Å². The number of rotatable bonds is 14. The number of amides is 1. The summed E-state index contributed by atoms with van der Waals surface area (Å²) in [4.78, 5) is 12.5. The highest BCUT2D eigenvalue weighted by Gasteiger charge is 2.59. The van der Waals surface area contributed by atoms with Gasteiger partial charge in [-0.2, -0.15) is 0 Å². The number of fused-ring (bicyclic) bond motifs is 5. The summed E-state index contributed by atoms with van der Waals surface area (Å²) in [6.07, 6.45) is 23.2. The van der Waals surface area contributed by atoms with E-state index < -0.39 is 0 Å². The van der Waals surface area contributed by atoms with Crippen molar-refractivity contribution in [1.82, 2.24) is 5.32 Å². The third-order valence-corrected chi connectivity index (χ3v) is 12.4. The van der Waals surface area contributed by atoms with Crippen LogP contribution in [0.4, 0.5) is 4.79 Å². The van der Waals surface area contributed by atoms with E-state index in [-0.39, 0.29) is 12.2 Å². The van der Waals surface area contributed by atoms with Crippen molar-refractivity contribution in [3.8, 4) is 0 Å². The first-order valence-corrected chi connectivity index (χ1v) is 17.4. The second kappa shape index (κ2) is 14.4. The van der Waals surface area contributed by atoms with Gasteiger partial charge in [0.15, 0.2) is 0 Å². The smallest absolute Gasteiger partial charge is 0.407 e. The molecule has 4 aliphatic carbocycles. The molecule has 4 aliphatic rings. The zero-order chi connectivity index (χ0) is 28.8. The first-order valence-electron chi connectivity index (χ1n) is 17.4. The Kier molecular flexibility index (Phi) is 11.5. The summed E-state index contributed by atoms with van der Waals surface area (Å²) in [6.45, 7) is 13.6. The van der Waals surface area contributed by atoms with Crippen LogP contribution in [0.3, 0.4) is 0 Å². The Morgan fingerprint density at radius 1 is 0.950 bits per heavy atom. The summed E-state index contributed by atoms with van der Waals surface area (Å²) >= 11 is 0. The van der Waals surface area contributed by atoms with Crippen LogP contribution in [-0.4, -0.2) is 30.5 Å². The van der Waals surface area contributed by atoms with Crippen LogP contribution in [0.25, 0.3) is 0 Å². The van der Waals surface area contributed by atoms with Crippen molar-refractivity contribution in [2.24, 2.45) is 46.3 Å². The van der Waals surface area contributed by atoms with Gasteiger partial charge in [0.25, 0.3) is 0 Å². The van der Waals surface area contributed by atoms with Crippen molar-refractivity contribution in [2.45, 2.75) is 150 Å². The van der Waals surface area contributed by atoms with Crippen LogP contribution in [-0.2, 0) is 4.74 Å². The molecule has 0 aliphatic heterocycles. The minimum absolute atomic E-state index is 0.0331. The van der Waals surface area contributed by atoms with Crippen molar-refractivity contribution in [3.63, 3.8) is 0 Å². The van der Waals surface area contributed by atoms with E-state index in [1.165, 1.54) is 70.6 Å². The van der Waals surface area contributed by atoms with Gasteiger partial charge in [-0.3, -0.25) is 0 Å². The van der Waals surface area contributed by atoms with Crippen molar-refractivity contribution < 1.29 is 14.6 Å². The monoisotopic (exact) mass is 557 g/mol. The minimum Gasteiger partial charge on any atom is -0.446 e. The van der Waals surface area contributed by atoms with Crippen LogP contribution in [0.2, 0.25) is 0 Å². The van der Waals surface area contributed by atoms with E-state index in [0.29, 0.717) is 24.0 Å². The molecule has 4 heteroatoms. The lowest BCUT2D eigenvalue weighted by atomic mass is 9.47. The average molecular weight is 558 g/mol. The zero-order valence-electron chi connectivity index (χ0n) is 26.8. The van der Waals surface area contributed by atoms with Crippen LogP contribution >= 0.6 is 0 Å². The van der Waals surface area contributed by atoms with Gasteiger partial charge in [0.05, 0.1) is 0 Å². The first-order chi connectivity index (χ1) is 19.2. The SMILES string of the molecule is CC(C)CCC[C@@H](C)[C@H]1CC[C@H]2[C@@H]3CC=C4C[C@@H](OC(=O)NCCCCCCCCO)CC[C@]4(C)[C@H]3CC[C@]12C. The molecule has 0 aromatic rings. The first kappa shape index (κ1) is 31.9. The van der Waals surface area contributed by atoms with Crippen LogP contribution in [0, 0.1) is 46.3 Å². The molecule has 3 saturated carbocycles. The van der Waals surface area contributed by atoms with E-state index in [1.807, 2.05) is 0 Å². The van der Waals surface area contributed by atoms with Gasteiger partial charge in [0.1, 0.15) is 6.10 Å². The van der Waals surface area contributed by atoms with Gasteiger partial charge in [-0.1, -0.05) is 91.2 Å². The van der Waals surface area contributed by atoms with Crippen molar-refractivity contribution in [3.05, 3.63) is 11.6 Å². The summed E-state index contributed by atoms with van der Waals surface area (Å²) < 4.78 is 5.94. The fraction of sp³-hybridized carbons (Fsp3) is 0.917. The molecule has 4 rings (SSSR count). The Balaban J connectivity index is 1.26. The molecule has 0 aromatic heterocycles. The molecular formula is C36H63NO3. The van der Waals surface area contributed by atoms with Gasteiger partial charge in [0.2, 0.25) is 0 Å². The second-order valence-corrected chi connectivity index (χ2v) is 15.3. The fourth-order valence-corrected chi connectivity index (χ4v) is 10.1. The standard InChI is InChI=1S/C36H63NO3/c1-26(2)13-12-14-27(3)31-17-18-32-30-16-15-28-25-29(19-21-35(28,4)33(30)20-22-36(31,32)5)40-34(39)37-23-10-8-6-7-9-11-24-38/h15,26-27,29-33,38H,6-14,16-25H2,1-5H3,(H,37,39)/t27-,29+,30+,31-,32+,33+,35+,36-/m1/s1. The molecule has 1 amide bonds. The zero-order valence-corrected chi connectivity index (χ0v) is 26.8. The Morgan fingerprint density at radius 2 is 1.70 bits per heavy atom. The number of allylic oxidation sites excluding steroid dienone is 1. The summed E-state index contributed by atoms with van der Waals surface area (Å²) in [6, 6.07) is 0. The molecule has 8 atom stereocenters. The molecule has 0 heterocycles. The Bertz CT molecular complexity index is 838. The van der Waals surface area contributed by atoms with E-state index in [0.717, 1.165) is 74.0 Å². The normalized spacial score (nSPS) is 35.9. The van der Waals surface area contributed by atoms with Gasteiger partial charge in [0, 0.05) is 19.6 Å². The van der Waals surface area contributed by atoms with Crippen LogP contribution in [0.15, 0.2) is 11.6 Å². The third kappa shape index (κ3) is 7.30. The topological polar surface area (TPSA) is 58.6 Å². The molecule has 0 saturated heterocycles. The predicted octanol–water partition coefficient (Wildman–Crippen LogP) is 9.46. The lowest BCUT2D eigenvalue weighted by molar-refractivity contribution is -0.0581. The maximum absolute atomic E-state index is 12.5. The number of aliphatic hydroxyl groups is 1. The van der Waals surface area contributed by atoms with Crippen LogP contribution in [0.1, 0.15) is 144 Å². The fourth-order valence-electron chi connectivity index (χ4n) is 10.1. The van der Waals surface area contributed by atoms with Crippen molar-refractivity contribution in [2.75, 3.05) is 13.2 Å². The number of hydrogen-bond acceptors (Lipinski definition) is 3. The van der Waals surface area contributed by atoms with Gasteiger partial charge in [-0.15, -0.1) is 0 Å². The summed E-state index contributed by atoms with van der Waals surface area (Å²) in [5.74, 6) is 5.17. The molecule has 0 spiro atoms. The molecule has 4 nitrogen and oxygen atoms in total. The minimum atomic E-state index is -0.226. The Labute approximate surface area is 246 Å². The molecule has 0 unspecified atom stereocenters. The summed E-state index contributed by atoms with van der Waals surface area (Å²) in [7, 11) is 0. The van der Waals surface area contributed by atoms with E-state index in [1.54, 1.807) is 5.57 Å². The molecule has 3 fully saturated rings. The average Bonchev–Trinajstić information content (AvgIpc) is 3.27. The van der Waals surface area contributed by atoms with Gasteiger partial charge >= 0.3 is 6.09 Å². The Hall–Kier alpha value is -1.03. The highest BCUT2D eigenvalue weighted by Crippen LogP contribution is 2.67. The van der Waals surface area contributed by atoms with Crippen molar-refractivity contribution >= 4 is 6.09 Å². The molecule has 2 N–H and O–H groups in total. The number of carbonyl (C=O) groups excluding carboxylic acids is 1. The predicted molar refractivity (Wildman–Crippen MR) is 166 cm³/mol. The molecule has 0 aromatic carbocycles. The Morgan fingerprint density at radius 3 is 2.45 bits per heavy atom. The highest BCUT2D eigenvalue weighted by molar-refractivity contribution is 5.67. The number of hydrogen-bond donors (Lipinski definition) is 2. The van der Waals surface area contributed by atoms with Gasteiger partial charge in [-0.05, 0) is 104 Å². The number of aliphatic hydroxyl groups excluding tert-OH is 1. The number of alkyl carbamates (subject to hydrolysis) is 1. The van der Waals surface area contributed by atoms with E-state index >= 15 is 0 Å². The molecule has 40 heavy (non-hydrogen) atoms. The number of nitrogens with one attached hydrogen (secondary N) is 1. The number of unbranched alkanes of at least 4 members (excludes halogenated alkanes) is 5. The van der Waals surface area contributed by atoms with Gasteiger partial charge < -0.3 is 15.2 Å². The quantitative estimate of drug-likeness (QED) is 0.165. The van der Waals surface area contributed by atoms with E-state index in [9.17, 15) is 4.79 Å². The largest absolute Gasteiger partial charge is 0.446 e. The maximum atomic E-state index is 12.5. The second-order valence-electron chi connectivity index (χ2n) is 15.3. The van der Waals surface area contributed by atoms with Crippen molar-refractivity contribution in [1.29, 1.82) is 0 Å². The number of ether oxygens (including phenoxy) is 1. The molecule has 0 radical (unpaired) electrons. The molecular weight excluding hydrogens is 494 g/mol. The lowest BCUT2D eigenvalue weighted by Gasteiger charge is -2.58. The highest BCUT2D eigenvalue weighted by atomic mass is 16.6. The van der Waals surface area contributed by atoms with E-state index in [4.69, 9.17) is 9.84 Å². The molecule has 0 bridgehead atoms. The molecule has 230 valence electrons. The summed E-state index contributed by atoms with van der Waals surface area (Å²) in [5, 5.41) is 11.9. The number of carbonyl (C=O) groups is 1. The maximum Gasteiger partial charge on any atom is 0.407 e. The third-order valence-electron chi connectivity index (χ3n) is 12.4. The van der Waals surface area contributed by atoms with E-state index in [2.05, 4.69) is 46.0 Å². The van der Waals surface area contributed by atoms with Crippen LogP contribution < -0.4 is 5.32 Å².